The summed E-state index contributed by atoms with van der Waals surface area (Å²) in [5.41, 5.74) is 14.4. The monoisotopic (exact) mass is 163 g/mol. The molecular formula is C7H9N5. The fraction of sp³-hybridized carbons (Fsp3) is 0.286. The van der Waals surface area contributed by atoms with Crippen molar-refractivity contribution >= 4 is 0 Å². The van der Waals surface area contributed by atoms with Gasteiger partial charge in [-0.3, -0.25) is 4.98 Å². The van der Waals surface area contributed by atoms with Gasteiger partial charge in [0.1, 0.15) is 0 Å². The Morgan fingerprint density at radius 3 is 3.08 bits per heavy atom. The highest BCUT2D eigenvalue weighted by Crippen LogP contribution is 2.05. The van der Waals surface area contributed by atoms with E-state index in [0.717, 1.165) is 5.69 Å². The normalized spacial score (nSPS) is 11.8. The number of pyridine rings is 1. The van der Waals surface area contributed by atoms with Crippen molar-refractivity contribution in [3.05, 3.63) is 40.5 Å². The van der Waals surface area contributed by atoms with Crippen LogP contribution in [-0.4, -0.2) is 11.5 Å². The van der Waals surface area contributed by atoms with E-state index in [0.29, 0.717) is 0 Å². The predicted molar refractivity (Wildman–Crippen MR) is 45.2 cm³/mol. The van der Waals surface area contributed by atoms with E-state index in [4.69, 9.17) is 11.3 Å². The minimum absolute atomic E-state index is 0.244. The number of nitrogens with two attached hydrogens (primary N) is 1. The van der Waals surface area contributed by atoms with Gasteiger partial charge >= 0.3 is 0 Å². The summed E-state index contributed by atoms with van der Waals surface area (Å²) in [4.78, 5) is 6.64. The van der Waals surface area contributed by atoms with E-state index in [1.807, 2.05) is 12.1 Å². The first-order valence-electron chi connectivity index (χ1n) is 3.52. The molecule has 2 N–H and O–H groups in total. The molecule has 0 aromatic carbocycles. The van der Waals surface area contributed by atoms with Gasteiger partial charge in [-0.2, -0.15) is 0 Å². The Kier molecular flexibility index (Phi) is 3.07. The highest BCUT2D eigenvalue weighted by molar-refractivity contribution is 5.08. The maximum Gasteiger partial charge on any atom is 0.0572 e. The van der Waals surface area contributed by atoms with E-state index in [1.165, 1.54) is 0 Å². The first-order valence-corrected chi connectivity index (χ1v) is 3.52. The lowest BCUT2D eigenvalue weighted by Gasteiger charge is -2.05. The van der Waals surface area contributed by atoms with Crippen molar-refractivity contribution in [2.45, 2.75) is 6.04 Å². The molecule has 62 valence electrons. The first-order chi connectivity index (χ1) is 5.84. The second-order valence-electron chi connectivity index (χ2n) is 2.27. The van der Waals surface area contributed by atoms with E-state index in [1.54, 1.807) is 12.3 Å². The maximum atomic E-state index is 8.04. The molecule has 0 aliphatic heterocycles. The van der Waals surface area contributed by atoms with Crippen molar-refractivity contribution in [1.82, 2.24) is 4.98 Å². The summed E-state index contributed by atoms with van der Waals surface area (Å²) in [5.74, 6) is 0. The lowest BCUT2D eigenvalue weighted by atomic mass is 10.2. The Hall–Kier alpha value is -1.58. The lowest BCUT2D eigenvalue weighted by Crippen LogP contribution is -2.14. The number of aromatic nitrogens is 1. The average molecular weight is 163 g/mol. The fourth-order valence-corrected chi connectivity index (χ4v) is 0.813. The van der Waals surface area contributed by atoms with E-state index < -0.39 is 0 Å². The van der Waals surface area contributed by atoms with E-state index in [9.17, 15) is 0 Å². The summed E-state index contributed by atoms with van der Waals surface area (Å²) in [6, 6.07) is 5.15. The molecule has 1 aromatic rings. The molecule has 0 saturated carbocycles. The van der Waals surface area contributed by atoms with Gasteiger partial charge in [-0.05, 0) is 17.7 Å². The molecular weight excluding hydrogens is 154 g/mol. The molecule has 0 saturated heterocycles. The number of rotatable bonds is 3. The Balaban J connectivity index is 2.65. The van der Waals surface area contributed by atoms with Crippen LogP contribution >= 0.6 is 0 Å². The zero-order valence-corrected chi connectivity index (χ0v) is 6.46. The molecule has 1 atom stereocenters. The van der Waals surface area contributed by atoms with Gasteiger partial charge in [0.25, 0.3) is 0 Å². The highest BCUT2D eigenvalue weighted by atomic mass is 15.1. The minimum Gasteiger partial charge on any atom is -0.323 e. The summed E-state index contributed by atoms with van der Waals surface area (Å²) < 4.78 is 0. The first kappa shape index (κ1) is 8.52. The molecule has 1 unspecified atom stereocenters. The van der Waals surface area contributed by atoms with Crippen LogP contribution < -0.4 is 5.73 Å². The van der Waals surface area contributed by atoms with Gasteiger partial charge in [-0.1, -0.05) is 11.2 Å². The Labute approximate surface area is 69.9 Å². The maximum absolute atomic E-state index is 8.04. The van der Waals surface area contributed by atoms with Crippen LogP contribution in [0.1, 0.15) is 11.7 Å². The van der Waals surface area contributed by atoms with Gasteiger partial charge in [-0.15, -0.1) is 0 Å². The summed E-state index contributed by atoms with van der Waals surface area (Å²) >= 11 is 0. The number of hydrogen-bond donors (Lipinski definition) is 1. The fourth-order valence-electron chi connectivity index (χ4n) is 0.813. The van der Waals surface area contributed by atoms with Crippen LogP contribution in [0.25, 0.3) is 10.4 Å². The van der Waals surface area contributed by atoms with E-state index in [-0.39, 0.29) is 12.6 Å². The third-order valence-corrected chi connectivity index (χ3v) is 1.41. The lowest BCUT2D eigenvalue weighted by molar-refractivity contribution is 0.708. The van der Waals surface area contributed by atoms with Crippen LogP contribution in [0.15, 0.2) is 29.5 Å². The van der Waals surface area contributed by atoms with Gasteiger partial charge in [0, 0.05) is 17.7 Å². The molecule has 1 aromatic heterocycles. The number of azide groups is 1. The summed E-state index contributed by atoms with van der Waals surface area (Å²) in [6.45, 7) is 0.244. The molecule has 0 fully saturated rings. The molecule has 0 spiro atoms. The van der Waals surface area contributed by atoms with Crippen LogP contribution in [0.5, 0.6) is 0 Å². The SMILES string of the molecule is [N-]=[N+]=NCC(N)c1ccccn1. The third-order valence-electron chi connectivity index (χ3n) is 1.41. The molecule has 1 heterocycles. The molecule has 5 nitrogen and oxygen atoms in total. The van der Waals surface area contributed by atoms with E-state index >= 15 is 0 Å². The van der Waals surface area contributed by atoms with Crippen molar-refractivity contribution in [2.24, 2.45) is 10.8 Å². The van der Waals surface area contributed by atoms with Crippen molar-refractivity contribution in [3.63, 3.8) is 0 Å². The van der Waals surface area contributed by atoms with Gasteiger partial charge in [0.05, 0.1) is 11.7 Å². The summed E-state index contributed by atoms with van der Waals surface area (Å²) in [6.07, 6.45) is 1.66. The molecule has 5 heteroatoms. The molecule has 0 bridgehead atoms. The van der Waals surface area contributed by atoms with Crippen LogP contribution in [0.4, 0.5) is 0 Å². The standard InChI is InChI=1S/C7H9N5/c8-6(5-11-12-9)7-3-1-2-4-10-7/h1-4,6H,5,8H2. The summed E-state index contributed by atoms with van der Waals surface area (Å²) in [7, 11) is 0. The van der Waals surface area contributed by atoms with Crippen LogP contribution in [0.3, 0.4) is 0 Å². The number of nitrogens with zero attached hydrogens (tertiary/aromatic N) is 4. The van der Waals surface area contributed by atoms with Crippen LogP contribution in [0, 0.1) is 0 Å². The Morgan fingerprint density at radius 1 is 1.67 bits per heavy atom. The van der Waals surface area contributed by atoms with Gasteiger partial charge in [0.2, 0.25) is 0 Å². The smallest absolute Gasteiger partial charge is 0.0572 e. The van der Waals surface area contributed by atoms with Crippen LogP contribution in [-0.2, 0) is 0 Å². The zero-order valence-electron chi connectivity index (χ0n) is 6.46. The van der Waals surface area contributed by atoms with Gasteiger partial charge in [-0.25, -0.2) is 0 Å². The Bertz CT molecular complexity index is 277. The highest BCUT2D eigenvalue weighted by Gasteiger charge is 2.03. The average Bonchev–Trinajstić information content (AvgIpc) is 2.15. The third kappa shape index (κ3) is 2.23. The van der Waals surface area contributed by atoms with Crippen molar-refractivity contribution in [3.8, 4) is 0 Å². The Morgan fingerprint density at radius 2 is 2.50 bits per heavy atom. The van der Waals surface area contributed by atoms with Crippen molar-refractivity contribution in [1.29, 1.82) is 0 Å². The quantitative estimate of drug-likeness (QED) is 0.414. The molecule has 0 amide bonds. The molecule has 12 heavy (non-hydrogen) atoms. The topological polar surface area (TPSA) is 87.7 Å². The van der Waals surface area contributed by atoms with Crippen molar-refractivity contribution in [2.75, 3.05) is 6.54 Å². The molecule has 0 aliphatic rings. The predicted octanol–water partition coefficient (Wildman–Crippen LogP) is 1.39. The largest absolute Gasteiger partial charge is 0.323 e. The van der Waals surface area contributed by atoms with Crippen LogP contribution in [0.2, 0.25) is 0 Å². The molecule has 0 radical (unpaired) electrons. The molecule has 0 aliphatic carbocycles. The van der Waals surface area contributed by atoms with Crippen molar-refractivity contribution < 1.29 is 0 Å². The van der Waals surface area contributed by atoms with Gasteiger partial charge < -0.3 is 5.73 Å². The molecule has 1 rings (SSSR count). The second-order valence-corrected chi connectivity index (χ2v) is 2.27. The zero-order chi connectivity index (χ0) is 8.81. The minimum atomic E-state index is -0.304. The number of hydrogen-bond acceptors (Lipinski definition) is 3. The van der Waals surface area contributed by atoms with Gasteiger partial charge in [0.15, 0.2) is 0 Å². The van der Waals surface area contributed by atoms with E-state index in [2.05, 4.69) is 15.0 Å². The summed E-state index contributed by atoms with van der Waals surface area (Å²) in [5, 5.41) is 3.36. The second kappa shape index (κ2) is 4.33.